The maximum absolute atomic E-state index is 12.2. The van der Waals surface area contributed by atoms with E-state index in [-0.39, 0.29) is 11.7 Å². The van der Waals surface area contributed by atoms with Crippen molar-refractivity contribution in [1.82, 2.24) is 10.2 Å². The average Bonchev–Trinajstić information content (AvgIpc) is 3.05. The summed E-state index contributed by atoms with van der Waals surface area (Å²) >= 11 is 1.19. The molecule has 0 aliphatic carbocycles. The van der Waals surface area contributed by atoms with E-state index in [9.17, 15) is 4.79 Å². The van der Waals surface area contributed by atoms with Gasteiger partial charge in [0.25, 0.3) is 5.22 Å². The molecule has 0 unspecified atom stereocenters. The number of hydrogen-bond acceptors (Lipinski definition) is 7. The molecule has 0 fully saturated rings. The Morgan fingerprint density at radius 3 is 2.70 bits per heavy atom. The smallest absolute Gasteiger partial charge is 0.277 e. The Hall–Kier alpha value is -3.00. The highest BCUT2D eigenvalue weighted by atomic mass is 32.2. The van der Waals surface area contributed by atoms with Crippen molar-refractivity contribution in [2.24, 2.45) is 0 Å². The largest absolute Gasteiger partial charge is 0.490 e. The Bertz CT molecular complexity index is 930. The maximum atomic E-state index is 12.2. The lowest BCUT2D eigenvalue weighted by Crippen LogP contribution is -2.14. The minimum atomic E-state index is -0.172. The lowest BCUT2D eigenvalue weighted by molar-refractivity contribution is -0.113. The van der Waals surface area contributed by atoms with Crippen molar-refractivity contribution in [2.45, 2.75) is 11.6 Å². The van der Waals surface area contributed by atoms with Gasteiger partial charge in [-0.05, 0) is 24.3 Å². The number of carbonyl (C=O) groups excluding carboxylic acids is 1. The minimum Gasteiger partial charge on any atom is -0.490 e. The predicted octanol–water partition coefficient (Wildman–Crippen LogP) is 3.63. The Morgan fingerprint density at radius 2 is 1.85 bits per heavy atom. The van der Waals surface area contributed by atoms with E-state index in [1.807, 2.05) is 30.3 Å². The van der Waals surface area contributed by atoms with Crippen molar-refractivity contribution >= 4 is 23.4 Å². The summed E-state index contributed by atoms with van der Waals surface area (Å²) in [7, 11) is 0. The molecule has 138 valence electrons. The second kappa shape index (κ2) is 8.13. The standard InChI is InChI=1S/C19H17N3O4S/c23-17(20-14-7-8-15-16(11-14)25-10-4-9-24-15)12-27-19-22-21-18(26-19)13-5-2-1-3-6-13/h1-3,5-8,11H,4,9-10,12H2,(H,20,23). The molecule has 0 saturated heterocycles. The van der Waals surface area contributed by atoms with Crippen LogP contribution in [0, 0.1) is 0 Å². The van der Waals surface area contributed by atoms with Gasteiger partial charge < -0.3 is 19.2 Å². The Kier molecular flexibility index (Phi) is 5.24. The third-order valence-electron chi connectivity index (χ3n) is 3.79. The van der Waals surface area contributed by atoms with Crippen molar-refractivity contribution in [3.05, 3.63) is 48.5 Å². The van der Waals surface area contributed by atoms with Gasteiger partial charge in [0, 0.05) is 23.7 Å². The van der Waals surface area contributed by atoms with E-state index in [0.717, 1.165) is 12.0 Å². The molecule has 1 aliphatic rings. The van der Waals surface area contributed by atoms with E-state index in [0.29, 0.717) is 41.5 Å². The van der Waals surface area contributed by atoms with Crippen LogP contribution in [0.1, 0.15) is 6.42 Å². The third kappa shape index (κ3) is 4.40. The molecule has 0 spiro atoms. The number of aromatic nitrogens is 2. The number of rotatable bonds is 5. The molecule has 7 nitrogen and oxygen atoms in total. The molecule has 0 atom stereocenters. The molecule has 1 aromatic heterocycles. The van der Waals surface area contributed by atoms with Gasteiger partial charge in [0.05, 0.1) is 19.0 Å². The zero-order valence-electron chi connectivity index (χ0n) is 14.4. The quantitative estimate of drug-likeness (QED) is 0.673. The molecular formula is C19H17N3O4S. The average molecular weight is 383 g/mol. The molecule has 1 aliphatic heterocycles. The Morgan fingerprint density at radius 1 is 1.04 bits per heavy atom. The van der Waals surface area contributed by atoms with Gasteiger partial charge in [0.2, 0.25) is 11.8 Å². The fourth-order valence-corrected chi connectivity index (χ4v) is 3.09. The zero-order chi connectivity index (χ0) is 18.5. The number of anilines is 1. The summed E-state index contributed by atoms with van der Waals surface area (Å²) in [5, 5.41) is 11.2. The minimum absolute atomic E-state index is 0.158. The lowest BCUT2D eigenvalue weighted by atomic mass is 10.2. The number of nitrogens with one attached hydrogen (secondary N) is 1. The van der Waals surface area contributed by atoms with Gasteiger partial charge in [-0.1, -0.05) is 30.0 Å². The van der Waals surface area contributed by atoms with Crippen LogP contribution < -0.4 is 14.8 Å². The summed E-state index contributed by atoms with van der Waals surface area (Å²) < 4.78 is 16.8. The van der Waals surface area contributed by atoms with E-state index in [2.05, 4.69) is 15.5 Å². The van der Waals surface area contributed by atoms with E-state index in [4.69, 9.17) is 13.9 Å². The molecule has 2 heterocycles. The van der Waals surface area contributed by atoms with Gasteiger partial charge in [0.15, 0.2) is 11.5 Å². The van der Waals surface area contributed by atoms with Crippen molar-refractivity contribution in [1.29, 1.82) is 0 Å². The predicted molar refractivity (Wildman–Crippen MR) is 101 cm³/mol. The highest BCUT2D eigenvalue weighted by molar-refractivity contribution is 7.99. The highest BCUT2D eigenvalue weighted by Crippen LogP contribution is 2.32. The second-order valence-corrected chi connectivity index (χ2v) is 6.71. The summed E-state index contributed by atoms with van der Waals surface area (Å²) in [4.78, 5) is 12.2. The van der Waals surface area contributed by atoms with Crippen LogP contribution in [0.5, 0.6) is 11.5 Å². The monoisotopic (exact) mass is 383 g/mol. The number of carbonyl (C=O) groups is 1. The highest BCUT2D eigenvalue weighted by Gasteiger charge is 2.14. The van der Waals surface area contributed by atoms with Crippen molar-refractivity contribution in [3.63, 3.8) is 0 Å². The van der Waals surface area contributed by atoms with E-state index >= 15 is 0 Å². The van der Waals surface area contributed by atoms with Crippen LogP contribution in [0.25, 0.3) is 11.5 Å². The first-order valence-corrected chi connectivity index (χ1v) is 9.48. The van der Waals surface area contributed by atoms with Crippen LogP contribution in [-0.4, -0.2) is 35.1 Å². The fraction of sp³-hybridized carbons (Fsp3) is 0.211. The molecule has 0 saturated carbocycles. The summed E-state index contributed by atoms with van der Waals surface area (Å²) in [5.41, 5.74) is 1.49. The second-order valence-electron chi connectivity index (χ2n) is 5.79. The van der Waals surface area contributed by atoms with Crippen molar-refractivity contribution in [3.8, 4) is 23.0 Å². The molecule has 2 aromatic carbocycles. The maximum Gasteiger partial charge on any atom is 0.277 e. The van der Waals surface area contributed by atoms with Gasteiger partial charge in [0.1, 0.15) is 0 Å². The van der Waals surface area contributed by atoms with Gasteiger partial charge in [-0.3, -0.25) is 4.79 Å². The topological polar surface area (TPSA) is 86.5 Å². The van der Waals surface area contributed by atoms with Crippen LogP contribution in [0.2, 0.25) is 0 Å². The van der Waals surface area contributed by atoms with E-state index in [1.165, 1.54) is 11.8 Å². The van der Waals surface area contributed by atoms with E-state index < -0.39 is 0 Å². The normalized spacial score (nSPS) is 13.0. The fourth-order valence-electron chi connectivity index (χ4n) is 2.53. The number of amides is 1. The zero-order valence-corrected chi connectivity index (χ0v) is 15.2. The number of ether oxygens (including phenoxy) is 2. The molecule has 1 N–H and O–H groups in total. The molecule has 1 amide bonds. The van der Waals surface area contributed by atoms with Crippen molar-refractivity contribution < 1.29 is 18.7 Å². The Labute approximate surface area is 160 Å². The Balaban J connectivity index is 1.34. The molecule has 4 rings (SSSR count). The van der Waals surface area contributed by atoms with Gasteiger partial charge in [-0.25, -0.2) is 0 Å². The number of fused-ring (bicyclic) bond motifs is 1. The van der Waals surface area contributed by atoms with Gasteiger partial charge >= 0.3 is 0 Å². The SMILES string of the molecule is O=C(CSc1nnc(-c2ccccc2)o1)Nc1ccc2c(c1)OCCCO2. The number of benzene rings is 2. The van der Waals surface area contributed by atoms with Crippen molar-refractivity contribution in [2.75, 3.05) is 24.3 Å². The first-order valence-electron chi connectivity index (χ1n) is 8.49. The molecule has 0 bridgehead atoms. The molecule has 3 aromatic rings. The first-order chi connectivity index (χ1) is 13.3. The number of thioether (sulfide) groups is 1. The van der Waals surface area contributed by atoms with Gasteiger partial charge in [-0.2, -0.15) is 0 Å². The van der Waals surface area contributed by atoms with Gasteiger partial charge in [-0.15, -0.1) is 10.2 Å². The summed E-state index contributed by atoms with van der Waals surface area (Å²) in [5.74, 6) is 1.75. The van der Waals surface area contributed by atoms with Crippen LogP contribution in [-0.2, 0) is 4.79 Å². The molecular weight excluding hydrogens is 366 g/mol. The molecule has 8 heteroatoms. The molecule has 0 radical (unpaired) electrons. The first kappa shape index (κ1) is 17.4. The number of hydrogen-bond donors (Lipinski definition) is 1. The van der Waals surface area contributed by atoms with Crippen LogP contribution in [0.15, 0.2) is 58.2 Å². The summed E-state index contributed by atoms with van der Waals surface area (Å²) in [6, 6.07) is 14.8. The van der Waals surface area contributed by atoms with E-state index in [1.54, 1.807) is 18.2 Å². The van der Waals surface area contributed by atoms with Crippen LogP contribution in [0.3, 0.4) is 0 Å². The molecule has 27 heavy (non-hydrogen) atoms. The summed E-state index contributed by atoms with van der Waals surface area (Å²) in [6.07, 6.45) is 0.835. The van der Waals surface area contributed by atoms with Crippen LogP contribution in [0.4, 0.5) is 5.69 Å². The lowest BCUT2D eigenvalue weighted by Gasteiger charge is -2.10. The van der Waals surface area contributed by atoms with Crippen LogP contribution >= 0.6 is 11.8 Å². The third-order valence-corrected chi connectivity index (χ3v) is 4.60. The summed E-state index contributed by atoms with van der Waals surface area (Å²) in [6.45, 7) is 1.23. The number of nitrogens with zero attached hydrogens (tertiary/aromatic N) is 2.